The van der Waals surface area contributed by atoms with Gasteiger partial charge in [-0.3, -0.25) is 9.69 Å². The fourth-order valence-electron chi connectivity index (χ4n) is 1.24. The van der Waals surface area contributed by atoms with E-state index >= 15 is 0 Å². The van der Waals surface area contributed by atoms with E-state index in [1.54, 1.807) is 0 Å². The van der Waals surface area contributed by atoms with Gasteiger partial charge in [-0.2, -0.15) is 0 Å². The summed E-state index contributed by atoms with van der Waals surface area (Å²) in [6, 6.07) is 0. The minimum absolute atomic E-state index is 0.0684. The molecule has 0 amide bonds. The highest BCUT2D eigenvalue weighted by Crippen LogP contribution is 2.12. The van der Waals surface area contributed by atoms with Crippen LogP contribution in [0.2, 0.25) is 0 Å². The molecule has 0 aliphatic carbocycles. The van der Waals surface area contributed by atoms with Crippen molar-refractivity contribution in [1.82, 2.24) is 4.90 Å². The molecule has 4 nitrogen and oxygen atoms in total. The molecule has 0 aromatic rings. The van der Waals surface area contributed by atoms with Crippen LogP contribution in [-0.2, 0) is 9.53 Å². The Hall–Kier alpha value is -0.610. The zero-order valence-electron chi connectivity index (χ0n) is 10.2. The second-order valence-electron chi connectivity index (χ2n) is 4.60. The predicted octanol–water partition coefficient (Wildman–Crippen LogP) is 1.60. The van der Waals surface area contributed by atoms with Gasteiger partial charge in [0.1, 0.15) is 0 Å². The van der Waals surface area contributed by atoms with E-state index in [9.17, 15) is 4.79 Å². The maximum atomic E-state index is 10.7. The second kappa shape index (κ2) is 6.80. The molecule has 0 atom stereocenters. The van der Waals surface area contributed by atoms with Crippen LogP contribution >= 0.6 is 0 Å². The van der Waals surface area contributed by atoms with Crippen LogP contribution in [0, 0.1) is 0 Å². The largest absolute Gasteiger partial charge is 0.480 e. The first kappa shape index (κ1) is 14.4. The summed E-state index contributed by atoms with van der Waals surface area (Å²) in [5, 5.41) is 8.77. The highest BCUT2D eigenvalue weighted by molar-refractivity contribution is 5.69. The topological polar surface area (TPSA) is 49.8 Å². The molecule has 4 heteroatoms. The molecule has 0 fully saturated rings. The molecule has 0 spiro atoms. The lowest BCUT2D eigenvalue weighted by molar-refractivity contribution is -0.140. The van der Waals surface area contributed by atoms with Gasteiger partial charge in [-0.1, -0.05) is 6.92 Å². The number of aliphatic carboxylic acids is 1. The number of rotatable bonds is 7. The van der Waals surface area contributed by atoms with E-state index < -0.39 is 5.97 Å². The van der Waals surface area contributed by atoms with Crippen molar-refractivity contribution in [1.29, 1.82) is 0 Å². The molecule has 90 valence electrons. The lowest BCUT2D eigenvalue weighted by atomic mass is 10.1. The van der Waals surface area contributed by atoms with Gasteiger partial charge >= 0.3 is 5.97 Å². The molecular formula is C11H23NO3. The quantitative estimate of drug-likeness (QED) is 0.658. The zero-order chi connectivity index (χ0) is 11.9. The van der Waals surface area contributed by atoms with E-state index in [2.05, 4.69) is 6.92 Å². The van der Waals surface area contributed by atoms with Crippen LogP contribution in [0.3, 0.4) is 0 Å². The Labute approximate surface area is 92.2 Å². The lowest BCUT2D eigenvalue weighted by Gasteiger charge is -2.34. The van der Waals surface area contributed by atoms with E-state index in [1.165, 1.54) is 0 Å². The van der Waals surface area contributed by atoms with Gasteiger partial charge in [0.05, 0.1) is 13.2 Å². The van der Waals surface area contributed by atoms with Gasteiger partial charge in [-0.25, -0.2) is 0 Å². The molecule has 0 saturated carbocycles. The molecule has 0 aliphatic heterocycles. The number of ether oxygens (including phenoxy) is 1. The van der Waals surface area contributed by atoms with Crippen molar-refractivity contribution >= 4 is 5.97 Å². The fraction of sp³-hybridized carbons (Fsp3) is 0.909. The van der Waals surface area contributed by atoms with Crippen LogP contribution in [-0.4, -0.2) is 47.8 Å². The summed E-state index contributed by atoms with van der Waals surface area (Å²) in [6.07, 6.45) is 0.994. The van der Waals surface area contributed by atoms with Gasteiger partial charge in [0, 0.05) is 18.7 Å². The lowest BCUT2D eigenvalue weighted by Crippen LogP contribution is -2.46. The highest BCUT2D eigenvalue weighted by atomic mass is 16.5. The minimum Gasteiger partial charge on any atom is -0.480 e. The SMILES string of the molecule is CCCOCCN(CC(=O)O)C(C)(C)C. The maximum absolute atomic E-state index is 10.7. The Morgan fingerprint density at radius 1 is 1.33 bits per heavy atom. The first-order chi connectivity index (χ1) is 6.88. The smallest absolute Gasteiger partial charge is 0.317 e. The van der Waals surface area contributed by atoms with Crippen LogP contribution in [0.5, 0.6) is 0 Å². The average Bonchev–Trinajstić information content (AvgIpc) is 2.08. The monoisotopic (exact) mass is 217 g/mol. The van der Waals surface area contributed by atoms with E-state index in [0.29, 0.717) is 13.2 Å². The number of hydrogen-bond donors (Lipinski definition) is 1. The maximum Gasteiger partial charge on any atom is 0.317 e. The molecule has 0 unspecified atom stereocenters. The summed E-state index contributed by atoms with van der Waals surface area (Å²) in [7, 11) is 0. The molecule has 0 bridgehead atoms. The zero-order valence-corrected chi connectivity index (χ0v) is 10.2. The van der Waals surface area contributed by atoms with Crippen molar-refractivity contribution in [2.45, 2.75) is 39.7 Å². The molecule has 0 rings (SSSR count). The first-order valence-electron chi connectivity index (χ1n) is 5.42. The summed E-state index contributed by atoms with van der Waals surface area (Å²) in [5.41, 5.74) is -0.131. The van der Waals surface area contributed by atoms with Gasteiger partial charge in [0.2, 0.25) is 0 Å². The van der Waals surface area contributed by atoms with E-state index in [4.69, 9.17) is 9.84 Å². The molecule has 1 N–H and O–H groups in total. The second-order valence-corrected chi connectivity index (χ2v) is 4.60. The standard InChI is InChI=1S/C11H23NO3/c1-5-7-15-8-6-12(9-10(13)14)11(2,3)4/h5-9H2,1-4H3,(H,13,14). The Morgan fingerprint density at radius 2 is 1.93 bits per heavy atom. The van der Waals surface area contributed by atoms with Crippen LogP contribution in [0.1, 0.15) is 34.1 Å². The summed E-state index contributed by atoms with van der Waals surface area (Å²) in [5.74, 6) is -0.791. The number of hydrogen-bond acceptors (Lipinski definition) is 3. The van der Waals surface area contributed by atoms with Crippen LogP contribution in [0.4, 0.5) is 0 Å². The van der Waals surface area contributed by atoms with Gasteiger partial charge in [-0.15, -0.1) is 0 Å². The van der Waals surface area contributed by atoms with E-state index in [0.717, 1.165) is 13.0 Å². The first-order valence-corrected chi connectivity index (χ1v) is 5.42. The minimum atomic E-state index is -0.791. The molecule has 0 heterocycles. The van der Waals surface area contributed by atoms with Crippen LogP contribution in [0.15, 0.2) is 0 Å². The van der Waals surface area contributed by atoms with Crippen molar-refractivity contribution in [3.8, 4) is 0 Å². The van der Waals surface area contributed by atoms with Crippen LogP contribution in [0.25, 0.3) is 0 Å². The Morgan fingerprint density at radius 3 is 2.33 bits per heavy atom. The van der Waals surface area contributed by atoms with Crippen molar-refractivity contribution in [3.63, 3.8) is 0 Å². The van der Waals surface area contributed by atoms with E-state index in [1.807, 2.05) is 25.7 Å². The van der Waals surface area contributed by atoms with Crippen molar-refractivity contribution in [3.05, 3.63) is 0 Å². The Bertz CT molecular complexity index is 187. The number of carboxylic acid groups (broad SMARTS) is 1. The molecular weight excluding hydrogens is 194 g/mol. The van der Waals surface area contributed by atoms with Gasteiger partial charge in [0.25, 0.3) is 0 Å². The molecule has 0 radical (unpaired) electrons. The highest BCUT2D eigenvalue weighted by Gasteiger charge is 2.22. The third kappa shape index (κ3) is 7.33. The molecule has 0 aromatic carbocycles. The van der Waals surface area contributed by atoms with E-state index in [-0.39, 0.29) is 12.1 Å². The summed E-state index contributed by atoms with van der Waals surface area (Å²) in [6.45, 7) is 10.2. The summed E-state index contributed by atoms with van der Waals surface area (Å²) in [4.78, 5) is 12.6. The molecule has 0 aromatic heterocycles. The van der Waals surface area contributed by atoms with Gasteiger partial charge in [0.15, 0.2) is 0 Å². The third-order valence-corrected chi connectivity index (χ3v) is 2.13. The number of carboxylic acids is 1. The fourth-order valence-corrected chi connectivity index (χ4v) is 1.24. The summed E-state index contributed by atoms with van der Waals surface area (Å²) < 4.78 is 5.36. The number of nitrogens with zero attached hydrogens (tertiary/aromatic N) is 1. The number of carbonyl (C=O) groups is 1. The summed E-state index contributed by atoms with van der Waals surface area (Å²) >= 11 is 0. The van der Waals surface area contributed by atoms with Crippen LogP contribution < -0.4 is 0 Å². The molecule has 15 heavy (non-hydrogen) atoms. The Balaban J connectivity index is 3.97. The molecule has 0 saturated heterocycles. The van der Waals surface area contributed by atoms with Gasteiger partial charge in [-0.05, 0) is 27.2 Å². The van der Waals surface area contributed by atoms with Crippen molar-refractivity contribution in [2.75, 3.05) is 26.3 Å². The van der Waals surface area contributed by atoms with Gasteiger partial charge < -0.3 is 9.84 Å². The normalized spacial score (nSPS) is 12.1. The third-order valence-electron chi connectivity index (χ3n) is 2.13. The average molecular weight is 217 g/mol. The van der Waals surface area contributed by atoms with Crippen molar-refractivity contribution < 1.29 is 14.6 Å². The predicted molar refractivity (Wildman–Crippen MR) is 60.1 cm³/mol. The Kier molecular flexibility index (Phi) is 6.52. The van der Waals surface area contributed by atoms with Crippen molar-refractivity contribution in [2.24, 2.45) is 0 Å². The molecule has 0 aliphatic rings.